The molecule has 0 saturated heterocycles. The Hall–Kier alpha value is -2.89. The molecule has 0 radical (unpaired) electrons. The van der Waals surface area contributed by atoms with Crippen LogP contribution in [0.3, 0.4) is 0 Å². The molecule has 1 N–H and O–H groups in total. The van der Waals surface area contributed by atoms with Gasteiger partial charge in [0.2, 0.25) is 0 Å². The highest BCUT2D eigenvalue weighted by Gasteiger charge is 2.14. The molecule has 21 heavy (non-hydrogen) atoms. The Kier molecular flexibility index (Phi) is 3.27. The van der Waals surface area contributed by atoms with Crippen LogP contribution in [0.2, 0.25) is 0 Å². The first kappa shape index (κ1) is 13.1. The smallest absolute Gasteiger partial charge is 0.341 e. The third-order valence-corrected chi connectivity index (χ3v) is 2.93. The third-order valence-electron chi connectivity index (χ3n) is 2.93. The lowest BCUT2D eigenvalue weighted by Gasteiger charge is -2.02. The Labute approximate surface area is 118 Å². The van der Waals surface area contributed by atoms with Crippen molar-refractivity contribution in [2.45, 2.75) is 0 Å². The van der Waals surface area contributed by atoms with Crippen molar-refractivity contribution in [3.05, 3.63) is 48.3 Å². The summed E-state index contributed by atoms with van der Waals surface area (Å²) in [6.45, 7) is -0.445. The summed E-state index contributed by atoms with van der Waals surface area (Å²) in [5.41, 5.74) is 1.14. The predicted octanol–water partition coefficient (Wildman–Crippen LogP) is 3.10. The van der Waals surface area contributed by atoms with Gasteiger partial charge in [0, 0.05) is 11.6 Å². The molecule has 0 aliphatic rings. The van der Waals surface area contributed by atoms with Gasteiger partial charge in [0.25, 0.3) is 0 Å². The number of benzene rings is 2. The summed E-state index contributed by atoms with van der Waals surface area (Å²) in [6, 6.07) is 11.0. The first-order chi connectivity index (χ1) is 10.1. The Balaban J connectivity index is 2.00. The van der Waals surface area contributed by atoms with Crippen molar-refractivity contribution in [2.24, 2.45) is 0 Å². The molecule has 3 rings (SSSR count). The highest BCUT2D eigenvalue weighted by Crippen LogP contribution is 2.31. The van der Waals surface area contributed by atoms with Crippen molar-refractivity contribution < 1.29 is 23.6 Å². The number of aromatic nitrogens is 1. The quantitative estimate of drug-likeness (QED) is 0.798. The fourth-order valence-corrected chi connectivity index (χ4v) is 2.00. The molecule has 1 heterocycles. The number of nitrogens with zero attached hydrogens (tertiary/aromatic N) is 1. The molecule has 1 aromatic heterocycles. The number of hydrogen-bond donors (Lipinski definition) is 1. The highest BCUT2D eigenvalue weighted by atomic mass is 19.1. The van der Waals surface area contributed by atoms with Crippen molar-refractivity contribution in [2.75, 3.05) is 6.61 Å². The second-order valence-corrected chi connectivity index (χ2v) is 4.35. The van der Waals surface area contributed by atoms with Gasteiger partial charge < -0.3 is 14.4 Å². The largest absolute Gasteiger partial charge is 0.482 e. The first-order valence-electron chi connectivity index (χ1n) is 6.14. The lowest BCUT2D eigenvalue weighted by Crippen LogP contribution is -2.09. The standard InChI is InChI=1S/C15H10FNO4/c16-12-4-2-1-3-10(12)15-11-6-5-9(20-8-14(18)19)7-13(11)21-17-15/h1-7H,8H2,(H,18,19). The summed E-state index contributed by atoms with van der Waals surface area (Å²) < 4.78 is 24.0. The van der Waals surface area contributed by atoms with E-state index in [1.54, 1.807) is 30.3 Å². The van der Waals surface area contributed by atoms with Gasteiger partial charge in [0.15, 0.2) is 12.2 Å². The zero-order valence-electron chi connectivity index (χ0n) is 10.7. The lowest BCUT2D eigenvalue weighted by molar-refractivity contribution is -0.139. The topological polar surface area (TPSA) is 72.6 Å². The maximum atomic E-state index is 13.8. The fourth-order valence-electron chi connectivity index (χ4n) is 2.00. The average molecular weight is 287 g/mol. The van der Waals surface area contributed by atoms with Gasteiger partial charge in [-0.1, -0.05) is 17.3 Å². The van der Waals surface area contributed by atoms with E-state index in [2.05, 4.69) is 5.16 Å². The van der Waals surface area contributed by atoms with Gasteiger partial charge in [-0.2, -0.15) is 0 Å². The summed E-state index contributed by atoms with van der Waals surface area (Å²) >= 11 is 0. The Morgan fingerprint density at radius 2 is 2.10 bits per heavy atom. The predicted molar refractivity (Wildman–Crippen MR) is 72.5 cm³/mol. The fraction of sp³-hybridized carbons (Fsp3) is 0.0667. The number of rotatable bonds is 4. The summed E-state index contributed by atoms with van der Waals surface area (Å²) in [4.78, 5) is 10.5. The van der Waals surface area contributed by atoms with E-state index in [0.717, 1.165) is 0 Å². The molecular formula is C15H10FNO4. The second kappa shape index (κ2) is 5.24. The van der Waals surface area contributed by atoms with Crippen LogP contribution in [0.5, 0.6) is 5.75 Å². The molecule has 5 nitrogen and oxygen atoms in total. The van der Waals surface area contributed by atoms with E-state index in [4.69, 9.17) is 14.4 Å². The molecule has 0 bridgehead atoms. The molecule has 0 spiro atoms. The SMILES string of the molecule is O=C(O)COc1ccc2c(-c3ccccc3F)noc2c1. The molecule has 0 atom stereocenters. The molecule has 0 unspecified atom stereocenters. The van der Waals surface area contributed by atoms with Crippen molar-refractivity contribution in [1.29, 1.82) is 0 Å². The van der Waals surface area contributed by atoms with Gasteiger partial charge in [0.1, 0.15) is 17.3 Å². The number of carboxylic acids is 1. The molecule has 0 fully saturated rings. The monoisotopic (exact) mass is 287 g/mol. The second-order valence-electron chi connectivity index (χ2n) is 4.35. The molecule has 106 valence electrons. The van der Waals surface area contributed by atoms with Crippen molar-refractivity contribution in [1.82, 2.24) is 5.16 Å². The van der Waals surface area contributed by atoms with E-state index in [1.165, 1.54) is 12.1 Å². The van der Waals surface area contributed by atoms with Crippen LogP contribution < -0.4 is 4.74 Å². The number of hydrogen-bond acceptors (Lipinski definition) is 4. The van der Waals surface area contributed by atoms with E-state index >= 15 is 0 Å². The van der Waals surface area contributed by atoms with Crippen LogP contribution in [-0.4, -0.2) is 22.8 Å². The zero-order valence-corrected chi connectivity index (χ0v) is 10.7. The highest BCUT2D eigenvalue weighted by molar-refractivity contribution is 5.92. The van der Waals surface area contributed by atoms with Gasteiger partial charge in [-0.05, 0) is 24.3 Å². The number of carboxylic acid groups (broad SMARTS) is 1. The molecule has 0 amide bonds. The van der Waals surface area contributed by atoms with Crippen LogP contribution in [0.4, 0.5) is 4.39 Å². The van der Waals surface area contributed by atoms with Crippen LogP contribution >= 0.6 is 0 Å². The summed E-state index contributed by atoms with van der Waals surface area (Å²) in [5.74, 6) is -1.11. The zero-order chi connectivity index (χ0) is 14.8. The third kappa shape index (κ3) is 2.55. The average Bonchev–Trinajstić information content (AvgIpc) is 2.88. The van der Waals surface area contributed by atoms with Gasteiger partial charge in [-0.15, -0.1) is 0 Å². The lowest BCUT2D eigenvalue weighted by atomic mass is 10.1. The van der Waals surface area contributed by atoms with Crippen LogP contribution in [-0.2, 0) is 4.79 Å². The molecule has 6 heteroatoms. The molecular weight excluding hydrogens is 277 g/mol. The minimum absolute atomic E-state index is 0.343. The van der Waals surface area contributed by atoms with Crippen LogP contribution in [0.15, 0.2) is 47.0 Å². The van der Waals surface area contributed by atoms with Gasteiger partial charge >= 0.3 is 5.97 Å². The molecule has 2 aromatic carbocycles. The van der Waals surface area contributed by atoms with Crippen LogP contribution in [0.1, 0.15) is 0 Å². The molecule has 0 saturated carbocycles. The minimum Gasteiger partial charge on any atom is -0.482 e. The number of ether oxygens (including phenoxy) is 1. The van der Waals surface area contributed by atoms with E-state index < -0.39 is 12.6 Å². The van der Waals surface area contributed by atoms with Crippen LogP contribution in [0.25, 0.3) is 22.2 Å². The number of aliphatic carboxylic acids is 1. The van der Waals surface area contributed by atoms with Gasteiger partial charge in [-0.3, -0.25) is 0 Å². The maximum absolute atomic E-state index is 13.8. The van der Waals surface area contributed by atoms with Crippen molar-refractivity contribution in [3.8, 4) is 17.0 Å². The maximum Gasteiger partial charge on any atom is 0.341 e. The van der Waals surface area contributed by atoms with Crippen LogP contribution in [0, 0.1) is 5.82 Å². The van der Waals surface area contributed by atoms with Gasteiger partial charge in [0.05, 0.1) is 5.39 Å². The van der Waals surface area contributed by atoms with E-state index in [-0.39, 0.29) is 5.82 Å². The molecule has 3 aromatic rings. The summed E-state index contributed by atoms with van der Waals surface area (Å²) in [5, 5.41) is 13.1. The summed E-state index contributed by atoms with van der Waals surface area (Å²) in [7, 11) is 0. The molecule has 0 aliphatic heterocycles. The Morgan fingerprint density at radius 3 is 2.86 bits per heavy atom. The summed E-state index contributed by atoms with van der Waals surface area (Å²) in [6.07, 6.45) is 0. The minimum atomic E-state index is -1.07. The van der Waals surface area contributed by atoms with E-state index in [1.807, 2.05) is 0 Å². The number of fused-ring (bicyclic) bond motifs is 1. The Bertz CT molecular complexity index is 812. The van der Waals surface area contributed by atoms with E-state index in [9.17, 15) is 9.18 Å². The Morgan fingerprint density at radius 1 is 1.29 bits per heavy atom. The first-order valence-corrected chi connectivity index (χ1v) is 6.14. The van der Waals surface area contributed by atoms with Gasteiger partial charge in [-0.25, -0.2) is 9.18 Å². The van der Waals surface area contributed by atoms with Crippen molar-refractivity contribution in [3.63, 3.8) is 0 Å². The van der Waals surface area contributed by atoms with Crippen molar-refractivity contribution >= 4 is 16.9 Å². The molecule has 0 aliphatic carbocycles. The number of halogens is 1. The normalized spacial score (nSPS) is 10.7. The number of carbonyl (C=O) groups is 1. The van der Waals surface area contributed by atoms with E-state index in [0.29, 0.717) is 28.0 Å².